The smallest absolute Gasteiger partial charge is 0.329 e. The van der Waals surface area contributed by atoms with Crippen LogP contribution in [0, 0.1) is 11.7 Å². The number of carboxylic acids is 1. The first-order valence-electron chi connectivity index (χ1n) is 26.8. The fourth-order valence-corrected chi connectivity index (χ4v) is 10.2. The zero-order valence-electron chi connectivity index (χ0n) is 47.0. The van der Waals surface area contributed by atoms with Crippen LogP contribution in [0.4, 0.5) is 4.39 Å². The van der Waals surface area contributed by atoms with Crippen molar-refractivity contribution in [2.24, 2.45) is 11.7 Å². The second-order valence-corrected chi connectivity index (χ2v) is 24.3. The van der Waals surface area contributed by atoms with Crippen molar-refractivity contribution in [3.8, 4) is 0 Å². The minimum absolute atomic E-state index is 0.0500. The van der Waals surface area contributed by atoms with Gasteiger partial charge in [-0.25, -0.2) is 4.39 Å². The number of carbonyl (C=O) groups is 10. The zero-order chi connectivity index (χ0) is 61.4. The number of hydrogen-bond acceptors (Lipinski definition) is 12. The quantitative estimate of drug-likeness (QED) is 0.0309. The Morgan fingerprint density at radius 3 is 1.81 bits per heavy atom. The first kappa shape index (κ1) is 66.1. The molecule has 450 valence electrons. The number of halogens is 1. The van der Waals surface area contributed by atoms with Crippen molar-refractivity contribution in [2.45, 2.75) is 146 Å². The molecule has 3 aromatic carbocycles. The van der Waals surface area contributed by atoms with Gasteiger partial charge in [-0.2, -0.15) is 11.8 Å². The van der Waals surface area contributed by atoms with E-state index in [-0.39, 0.29) is 56.4 Å². The number of aromatic nitrogens is 1. The Labute approximate surface area is 483 Å². The molecule has 1 fully saturated rings. The molecule has 14 N–H and O–H groups in total. The minimum atomic E-state index is -4.50. The van der Waals surface area contributed by atoms with Crippen molar-refractivity contribution in [3.05, 3.63) is 107 Å². The van der Waals surface area contributed by atoms with Gasteiger partial charge in [-0.1, -0.05) is 68.4 Å². The van der Waals surface area contributed by atoms with Crippen LogP contribution >= 0.6 is 19.4 Å². The molecule has 4 aromatic rings. The van der Waals surface area contributed by atoms with Crippen LogP contribution in [-0.4, -0.2) is 138 Å². The normalized spacial score (nSPS) is 15.0. The molecular weight excluding hydrogens is 1120 g/mol. The van der Waals surface area contributed by atoms with Crippen LogP contribution < -0.4 is 48.3 Å². The van der Waals surface area contributed by atoms with Gasteiger partial charge in [0.25, 0.3) is 0 Å². The molecule has 1 aliphatic rings. The van der Waals surface area contributed by atoms with Gasteiger partial charge in [0.05, 0.1) is 6.16 Å². The third kappa shape index (κ3) is 20.6. The van der Waals surface area contributed by atoms with Crippen molar-refractivity contribution in [3.63, 3.8) is 0 Å². The van der Waals surface area contributed by atoms with Crippen molar-refractivity contribution in [2.75, 3.05) is 12.0 Å². The Bertz CT molecular complexity index is 3060. The highest BCUT2D eigenvalue weighted by molar-refractivity contribution is 7.98. The summed E-state index contributed by atoms with van der Waals surface area (Å²) in [6, 6.07) is 10.1. The molecule has 1 aliphatic carbocycles. The van der Waals surface area contributed by atoms with Gasteiger partial charge in [0.2, 0.25) is 53.2 Å². The van der Waals surface area contributed by atoms with Crippen LogP contribution in [0.5, 0.6) is 0 Å². The van der Waals surface area contributed by atoms with Gasteiger partial charge in [0.1, 0.15) is 53.1 Å². The topological polar surface area (TPSA) is 387 Å². The molecule has 24 nitrogen and oxygen atoms in total. The fourth-order valence-electron chi connectivity index (χ4n) is 9.04. The molecule has 1 aromatic heterocycles. The lowest BCUT2D eigenvalue weighted by molar-refractivity contribution is -0.139. The summed E-state index contributed by atoms with van der Waals surface area (Å²) in [5.41, 5.74) is 4.18. The first-order chi connectivity index (χ1) is 39.0. The average molecular weight is 1190 g/mol. The molecule has 5 rings (SSSR count). The second-order valence-electron chi connectivity index (χ2n) is 21.7. The highest BCUT2D eigenvalue weighted by atomic mass is 32.2. The van der Waals surface area contributed by atoms with Crippen LogP contribution in [0.25, 0.3) is 10.9 Å². The number of carbonyl (C=O) groups excluding carboxylic acids is 9. The average Bonchev–Trinajstić information content (AvgIpc) is 2.77. The van der Waals surface area contributed by atoms with Crippen LogP contribution in [0.1, 0.15) is 95.4 Å². The van der Waals surface area contributed by atoms with Crippen LogP contribution in [0.2, 0.25) is 0 Å². The summed E-state index contributed by atoms with van der Waals surface area (Å²) in [6.45, 7) is 7.55. The zero-order valence-corrected chi connectivity index (χ0v) is 48.7. The number of benzene rings is 3. The van der Waals surface area contributed by atoms with Gasteiger partial charge < -0.3 is 68.1 Å². The fraction of sp³-hybridized carbons (Fsp3) is 0.464. The third-order valence-electron chi connectivity index (χ3n) is 13.7. The van der Waals surface area contributed by atoms with Crippen molar-refractivity contribution >= 4 is 89.4 Å². The maximum atomic E-state index is 14.9. The highest BCUT2D eigenvalue weighted by Crippen LogP contribution is 2.39. The number of nitrogens with one attached hydrogen (secondary N) is 9. The van der Waals surface area contributed by atoms with E-state index >= 15 is 0 Å². The van der Waals surface area contributed by atoms with E-state index in [1.807, 2.05) is 13.8 Å². The molecule has 9 amide bonds. The third-order valence-corrected chi connectivity index (χ3v) is 15.1. The lowest BCUT2D eigenvalue weighted by atomic mass is 9.98. The molecule has 0 saturated heterocycles. The number of thioether (sulfide) groups is 1. The van der Waals surface area contributed by atoms with Crippen molar-refractivity contribution < 1.29 is 71.8 Å². The Kier molecular flexibility index (Phi) is 23.5. The van der Waals surface area contributed by atoms with Gasteiger partial charge >= 0.3 is 13.6 Å². The number of aromatic amines is 1. The van der Waals surface area contributed by atoms with Gasteiger partial charge in [-0.15, -0.1) is 0 Å². The van der Waals surface area contributed by atoms with E-state index in [0.29, 0.717) is 27.8 Å². The van der Waals surface area contributed by atoms with E-state index in [2.05, 4.69) is 47.5 Å². The lowest BCUT2D eigenvalue weighted by Crippen LogP contribution is -2.63. The summed E-state index contributed by atoms with van der Waals surface area (Å²) in [6.07, 6.45) is 1.44. The number of hydrogen-bond donors (Lipinski definition) is 13. The number of nitrogens with two attached hydrogens (primary N) is 1. The van der Waals surface area contributed by atoms with Gasteiger partial charge in [0, 0.05) is 49.7 Å². The van der Waals surface area contributed by atoms with Crippen molar-refractivity contribution in [1.29, 1.82) is 0 Å². The molecule has 0 spiro atoms. The summed E-state index contributed by atoms with van der Waals surface area (Å²) >= 11 is 1.38. The number of amides is 9. The van der Waals surface area contributed by atoms with E-state index in [1.54, 1.807) is 36.6 Å². The number of primary amides is 1. The van der Waals surface area contributed by atoms with Gasteiger partial charge in [-0.3, -0.25) is 52.5 Å². The summed E-state index contributed by atoms with van der Waals surface area (Å²) in [5.74, 6) is -9.02. The molecule has 6 atom stereocenters. The molecule has 0 bridgehead atoms. The van der Waals surface area contributed by atoms with Crippen molar-refractivity contribution in [1.82, 2.24) is 47.5 Å². The summed E-state index contributed by atoms with van der Waals surface area (Å²) < 4.78 is 26.2. The highest BCUT2D eigenvalue weighted by Gasteiger charge is 2.52. The monoisotopic (exact) mass is 1190 g/mol. The van der Waals surface area contributed by atoms with E-state index in [9.17, 15) is 71.8 Å². The molecule has 1 saturated carbocycles. The predicted octanol–water partition coefficient (Wildman–Crippen LogP) is 1.63. The summed E-state index contributed by atoms with van der Waals surface area (Å²) in [4.78, 5) is 158. The molecule has 27 heteroatoms. The maximum Gasteiger partial charge on any atom is 0.329 e. The molecule has 83 heavy (non-hydrogen) atoms. The number of aliphatic carboxylic acids is 1. The molecule has 0 unspecified atom stereocenters. The van der Waals surface area contributed by atoms with Crippen LogP contribution in [-0.2, 0) is 77.9 Å². The first-order valence-corrected chi connectivity index (χ1v) is 30.0. The van der Waals surface area contributed by atoms with E-state index in [0.717, 1.165) is 5.56 Å². The number of rotatable bonds is 32. The molecule has 0 radical (unpaired) electrons. The maximum absolute atomic E-state index is 14.9. The molecule has 0 aliphatic heterocycles. The minimum Gasteiger partial charge on any atom is -0.481 e. The molecular formula is C56H74FN10O14PS. The Morgan fingerprint density at radius 2 is 1.27 bits per heavy atom. The SMILES string of the molecule is CSCC[C@@H](NC(=O)[C@H](Cc1ccccc1)NC(C)=O)C(=O)NC(C)(C)C(=O)N[C@@H](Cc1ccc(CP(=O)(O)O)cc1)C(=O)N[C@@H](Cc1c[nH]c2cc(F)ccc12)C(=O)N[C@@H](CCC(=O)O)C(=O)NC1(C(=O)N[C@@H](CC(C)C)C(N)=O)CC1. The number of H-pyrrole nitrogens is 1. The Morgan fingerprint density at radius 1 is 0.711 bits per heavy atom. The van der Waals surface area contributed by atoms with E-state index in [4.69, 9.17) is 5.73 Å². The second kappa shape index (κ2) is 29.5. The van der Waals surface area contributed by atoms with E-state index < -0.39 is 139 Å². The summed E-state index contributed by atoms with van der Waals surface area (Å²) in [7, 11) is -4.50. The lowest BCUT2D eigenvalue weighted by Gasteiger charge is -2.31. The van der Waals surface area contributed by atoms with Crippen LogP contribution in [0.15, 0.2) is 79.0 Å². The van der Waals surface area contributed by atoms with Gasteiger partial charge in [0.15, 0.2) is 0 Å². The largest absolute Gasteiger partial charge is 0.481 e. The van der Waals surface area contributed by atoms with Crippen LogP contribution in [0.3, 0.4) is 0 Å². The van der Waals surface area contributed by atoms with E-state index in [1.165, 1.54) is 81.2 Å². The standard InChI is InChI=1S/C56H74FN10O14PS/c1-31(2)24-42(47(58)71)64-54(78)56(21-22-56)67-52(76)39(18-19-46(69)70)61-50(74)45(27-36-29-59-41-28-37(57)16-17-38(36)41)63-49(73)44(26-34-12-14-35(15-13-34)30-82(79,80)81)65-53(77)55(4,5)66-51(75)40(20-23-83-6)62-48(72)43(60-32(3)68)25-33-10-8-7-9-11-33/h7-17,28-29,31,39-40,42-45,59H,18-27,30H2,1-6H3,(H2,58,71)(H,60,68)(H,61,74)(H,62,72)(H,63,73)(H,64,78)(H,65,77)(H,66,75)(H,67,76)(H,69,70)(H2,79,80,81)/t39-,40+,42-,43-,44-,45-/m0/s1. The Hall–Kier alpha value is -7.67. The predicted molar refractivity (Wildman–Crippen MR) is 306 cm³/mol. The number of carboxylic acid groups (broad SMARTS) is 1. The Balaban J connectivity index is 1.46. The molecule has 1 heterocycles. The van der Waals surface area contributed by atoms with Gasteiger partial charge in [-0.05, 0) is 104 Å². The number of fused-ring (bicyclic) bond motifs is 1. The summed E-state index contributed by atoms with van der Waals surface area (Å²) in [5, 5.41) is 31.2.